The lowest BCUT2D eigenvalue weighted by molar-refractivity contribution is 0.402. The maximum atomic E-state index is 13.8. The van der Waals surface area contributed by atoms with E-state index in [9.17, 15) is 4.79 Å². The van der Waals surface area contributed by atoms with Gasteiger partial charge in [0, 0.05) is 15.6 Å². The molecule has 1 aliphatic carbocycles. The van der Waals surface area contributed by atoms with Crippen molar-refractivity contribution in [3.63, 3.8) is 0 Å². The van der Waals surface area contributed by atoms with Crippen molar-refractivity contribution >= 4 is 39.0 Å². The molecule has 6 heteroatoms. The van der Waals surface area contributed by atoms with Gasteiger partial charge in [-0.05, 0) is 53.8 Å². The van der Waals surface area contributed by atoms with Gasteiger partial charge in [-0.2, -0.15) is 0 Å². The van der Waals surface area contributed by atoms with Gasteiger partial charge in [-0.1, -0.05) is 81.9 Å². The second-order valence-electron chi connectivity index (χ2n) is 8.41. The molecule has 0 amide bonds. The summed E-state index contributed by atoms with van der Waals surface area (Å²) in [6.07, 6.45) is 3.74. The van der Waals surface area contributed by atoms with Gasteiger partial charge in [-0.3, -0.25) is 9.36 Å². The van der Waals surface area contributed by atoms with E-state index in [-0.39, 0.29) is 11.6 Å². The Hall–Kier alpha value is -3.22. The molecular weight excluding hydrogens is 508 g/mol. The molecule has 2 aliphatic rings. The molecule has 1 unspecified atom stereocenters. The number of para-hydroxylation sites is 1. The van der Waals surface area contributed by atoms with Crippen molar-refractivity contribution in [3.8, 4) is 5.75 Å². The Morgan fingerprint density at radius 1 is 1.03 bits per heavy atom. The molecule has 0 bridgehead atoms. The average molecular weight is 529 g/mol. The van der Waals surface area contributed by atoms with E-state index < -0.39 is 0 Å². The summed E-state index contributed by atoms with van der Waals surface area (Å²) in [6.45, 7) is 0. The highest BCUT2D eigenvalue weighted by molar-refractivity contribution is 9.10. The van der Waals surface area contributed by atoms with Crippen LogP contribution in [-0.4, -0.2) is 11.7 Å². The molecule has 2 heterocycles. The molecule has 1 aromatic heterocycles. The van der Waals surface area contributed by atoms with Crippen LogP contribution in [0.15, 0.2) is 92.6 Å². The van der Waals surface area contributed by atoms with E-state index in [1.165, 1.54) is 22.5 Å². The first kappa shape index (κ1) is 21.3. The summed E-state index contributed by atoms with van der Waals surface area (Å²) < 4.78 is 9.28. The second kappa shape index (κ2) is 8.53. The highest BCUT2D eigenvalue weighted by Gasteiger charge is 2.33. The van der Waals surface area contributed by atoms with Gasteiger partial charge in [0.05, 0.1) is 23.4 Å². The summed E-state index contributed by atoms with van der Waals surface area (Å²) in [4.78, 5) is 19.6. The van der Waals surface area contributed by atoms with Crippen molar-refractivity contribution in [2.45, 2.75) is 18.9 Å². The summed E-state index contributed by atoms with van der Waals surface area (Å²) in [6, 6.07) is 24.2. The van der Waals surface area contributed by atoms with Crippen molar-refractivity contribution in [1.82, 2.24) is 4.57 Å². The highest BCUT2D eigenvalue weighted by Crippen LogP contribution is 2.43. The summed E-state index contributed by atoms with van der Waals surface area (Å²) in [7, 11) is 1.68. The van der Waals surface area contributed by atoms with Gasteiger partial charge in [-0.25, -0.2) is 4.99 Å². The van der Waals surface area contributed by atoms with Crippen LogP contribution in [0, 0.1) is 0 Å². The minimum atomic E-state index is -0.247. The minimum absolute atomic E-state index is 0.0204. The third kappa shape index (κ3) is 3.49. The Kier molecular flexibility index (Phi) is 5.35. The number of hydrogen-bond acceptors (Lipinski definition) is 4. The molecular formula is C28H21BrN2O2S. The van der Waals surface area contributed by atoms with Crippen LogP contribution in [0.3, 0.4) is 0 Å². The number of fused-ring (bicyclic) bond motifs is 3. The minimum Gasteiger partial charge on any atom is -0.496 e. The Bertz CT molecular complexity index is 1630. The molecule has 4 aromatic rings. The predicted octanol–water partition coefficient (Wildman–Crippen LogP) is 5.09. The largest absolute Gasteiger partial charge is 0.496 e. The van der Waals surface area contributed by atoms with E-state index in [1.54, 1.807) is 7.11 Å². The molecule has 168 valence electrons. The number of hydrogen-bond donors (Lipinski definition) is 0. The fourth-order valence-corrected chi connectivity index (χ4v) is 6.17. The van der Waals surface area contributed by atoms with Gasteiger partial charge in [0.2, 0.25) is 0 Å². The number of allylic oxidation sites excluding steroid dienone is 1. The monoisotopic (exact) mass is 528 g/mol. The third-order valence-electron chi connectivity index (χ3n) is 6.47. The topological polar surface area (TPSA) is 43.6 Å². The molecule has 0 radical (unpaired) electrons. The molecule has 4 nitrogen and oxygen atoms in total. The van der Waals surface area contributed by atoms with Gasteiger partial charge in [0.25, 0.3) is 5.56 Å². The zero-order chi connectivity index (χ0) is 23.2. The molecule has 3 aromatic carbocycles. The molecule has 0 saturated carbocycles. The number of rotatable bonds is 3. The zero-order valence-electron chi connectivity index (χ0n) is 18.5. The van der Waals surface area contributed by atoms with Crippen LogP contribution in [0.1, 0.15) is 34.7 Å². The van der Waals surface area contributed by atoms with E-state index >= 15 is 0 Å². The lowest BCUT2D eigenvalue weighted by atomic mass is 9.83. The number of aryl methyl sites for hydroxylation is 1. The lowest BCUT2D eigenvalue weighted by Gasteiger charge is -2.31. The molecule has 0 spiro atoms. The van der Waals surface area contributed by atoms with Gasteiger partial charge in [0.15, 0.2) is 4.80 Å². The van der Waals surface area contributed by atoms with Crippen molar-refractivity contribution < 1.29 is 4.74 Å². The molecule has 0 fully saturated rings. The van der Waals surface area contributed by atoms with Gasteiger partial charge < -0.3 is 4.74 Å². The number of nitrogens with zero attached hydrogens (tertiary/aromatic N) is 2. The third-order valence-corrected chi connectivity index (χ3v) is 7.99. The normalized spacial score (nSPS) is 17.0. The number of aromatic nitrogens is 1. The van der Waals surface area contributed by atoms with Crippen LogP contribution in [0.25, 0.3) is 11.8 Å². The number of halogens is 1. The average Bonchev–Trinajstić information content (AvgIpc) is 3.18. The Morgan fingerprint density at radius 3 is 2.62 bits per heavy atom. The first-order valence-corrected chi connectivity index (χ1v) is 12.8. The number of thiazole rings is 1. The Morgan fingerprint density at radius 2 is 1.79 bits per heavy atom. The summed E-state index contributed by atoms with van der Waals surface area (Å²) in [5, 5.41) is 0. The van der Waals surface area contributed by atoms with E-state index in [0.29, 0.717) is 4.53 Å². The first-order valence-electron chi connectivity index (χ1n) is 11.2. The SMILES string of the molecule is COc1ccccc1C1C2=C(N=c3s/c(=C\c4ccc(Br)cc4)c(=O)n31)c1ccccc1CC2. The summed E-state index contributed by atoms with van der Waals surface area (Å²) >= 11 is 4.92. The standard InChI is InChI=1S/C28H21BrN2O2S/c1-33-23-9-5-4-8-21(23)26-22-15-12-18-6-2-3-7-20(18)25(22)30-28-31(26)27(32)24(34-28)16-17-10-13-19(29)14-11-17/h2-11,13-14,16,26H,12,15H2,1H3/b24-16-. The van der Waals surface area contributed by atoms with Gasteiger partial charge in [-0.15, -0.1) is 0 Å². The van der Waals surface area contributed by atoms with Crippen LogP contribution in [0.4, 0.5) is 0 Å². The highest BCUT2D eigenvalue weighted by atomic mass is 79.9. The van der Waals surface area contributed by atoms with Crippen LogP contribution >= 0.6 is 27.3 Å². The van der Waals surface area contributed by atoms with Crippen molar-refractivity contribution in [3.05, 3.63) is 125 Å². The number of ether oxygens (including phenoxy) is 1. The van der Waals surface area contributed by atoms with Crippen LogP contribution in [0.2, 0.25) is 0 Å². The van der Waals surface area contributed by atoms with Crippen molar-refractivity contribution in [1.29, 1.82) is 0 Å². The Labute approximate surface area is 209 Å². The Balaban J connectivity index is 1.64. The van der Waals surface area contributed by atoms with E-state index in [4.69, 9.17) is 9.73 Å². The van der Waals surface area contributed by atoms with Gasteiger partial charge >= 0.3 is 0 Å². The molecule has 1 atom stereocenters. The molecule has 0 N–H and O–H groups in total. The van der Waals surface area contributed by atoms with E-state index in [0.717, 1.165) is 50.3 Å². The van der Waals surface area contributed by atoms with Crippen LogP contribution in [-0.2, 0) is 6.42 Å². The molecule has 34 heavy (non-hydrogen) atoms. The predicted molar refractivity (Wildman–Crippen MR) is 140 cm³/mol. The van der Waals surface area contributed by atoms with E-state index in [1.807, 2.05) is 53.1 Å². The quantitative estimate of drug-likeness (QED) is 0.371. The lowest BCUT2D eigenvalue weighted by Crippen LogP contribution is -2.38. The number of benzene rings is 3. The van der Waals surface area contributed by atoms with Crippen LogP contribution in [0.5, 0.6) is 5.75 Å². The fraction of sp³-hybridized carbons (Fsp3) is 0.143. The first-order chi connectivity index (χ1) is 16.6. The molecule has 0 saturated heterocycles. The zero-order valence-corrected chi connectivity index (χ0v) is 20.9. The van der Waals surface area contributed by atoms with Crippen LogP contribution < -0.4 is 19.6 Å². The summed E-state index contributed by atoms with van der Waals surface area (Å²) in [5.41, 5.74) is 6.58. The fourth-order valence-electron chi connectivity index (χ4n) is 4.90. The molecule has 1 aliphatic heterocycles. The van der Waals surface area contributed by atoms with Gasteiger partial charge in [0.1, 0.15) is 5.75 Å². The maximum Gasteiger partial charge on any atom is 0.271 e. The smallest absolute Gasteiger partial charge is 0.271 e. The second-order valence-corrected chi connectivity index (χ2v) is 10.3. The summed E-state index contributed by atoms with van der Waals surface area (Å²) in [5.74, 6) is 0.780. The number of methoxy groups -OCH3 is 1. The van der Waals surface area contributed by atoms with Crippen molar-refractivity contribution in [2.24, 2.45) is 4.99 Å². The van der Waals surface area contributed by atoms with Crippen molar-refractivity contribution in [2.75, 3.05) is 7.11 Å². The van der Waals surface area contributed by atoms with E-state index in [2.05, 4.69) is 46.3 Å². The molecule has 6 rings (SSSR count). The maximum absolute atomic E-state index is 13.8.